The molecule has 0 spiro atoms. The van der Waals surface area contributed by atoms with Gasteiger partial charge in [0.1, 0.15) is 0 Å². The molecule has 0 radical (unpaired) electrons. The van der Waals surface area contributed by atoms with Gasteiger partial charge in [0.05, 0.1) is 12.7 Å². The van der Waals surface area contributed by atoms with Gasteiger partial charge in [0.2, 0.25) is 0 Å². The molecule has 3 aliphatic rings. The van der Waals surface area contributed by atoms with Crippen molar-refractivity contribution in [1.82, 2.24) is 4.90 Å². The van der Waals surface area contributed by atoms with Crippen molar-refractivity contribution in [3.05, 3.63) is 23.8 Å². The van der Waals surface area contributed by atoms with E-state index in [1.54, 1.807) is 12.7 Å². The quantitative estimate of drug-likeness (QED) is 0.479. The lowest BCUT2D eigenvalue weighted by molar-refractivity contribution is 0.0478. The molecule has 2 atom stereocenters. The summed E-state index contributed by atoms with van der Waals surface area (Å²) in [7, 11) is 3.66. The van der Waals surface area contributed by atoms with Crippen molar-refractivity contribution in [1.29, 1.82) is 0 Å². The molecule has 2 unspecified atom stereocenters. The Morgan fingerprint density at radius 1 is 0.914 bits per heavy atom. The molecule has 0 amide bonds. The third-order valence-corrected chi connectivity index (χ3v) is 10.0. The van der Waals surface area contributed by atoms with Gasteiger partial charge in [-0.3, -0.25) is 4.90 Å². The Morgan fingerprint density at radius 2 is 1.60 bits per heavy atom. The molecule has 1 aliphatic carbocycles. The van der Waals surface area contributed by atoms with Crippen LogP contribution in [0.1, 0.15) is 65.4 Å². The summed E-state index contributed by atoms with van der Waals surface area (Å²) in [6.45, 7) is 18.6. The largest absolute Gasteiger partial charge is 0.383 e. The topological polar surface area (TPSA) is 28.2 Å². The first-order chi connectivity index (χ1) is 16.3. The van der Waals surface area contributed by atoms with E-state index in [2.05, 4.69) is 60.6 Å². The van der Waals surface area contributed by atoms with E-state index in [9.17, 15) is 0 Å². The van der Waals surface area contributed by atoms with Crippen LogP contribution in [0.4, 0.5) is 11.4 Å². The number of rotatable bonds is 7. The Hall–Kier alpha value is -1.01. The zero-order chi connectivity index (χ0) is 24.3. The summed E-state index contributed by atoms with van der Waals surface area (Å²) in [5, 5.41) is 0. The first-order valence-electron chi connectivity index (χ1n) is 13.7. The van der Waals surface area contributed by atoms with Crippen molar-refractivity contribution in [2.75, 3.05) is 76.4 Å². The fraction of sp³-hybridized carbons (Fsp3) is 0.793. The normalized spacial score (nSPS) is 28.1. The maximum Gasteiger partial charge on any atom is 0.0605 e. The van der Waals surface area contributed by atoms with Crippen molar-refractivity contribution in [2.45, 2.75) is 71.3 Å². The lowest BCUT2D eigenvalue weighted by Crippen LogP contribution is -2.50. The third-order valence-electron chi connectivity index (χ3n) is 10.0. The molecular weight excluding hydrogens is 458 g/mol. The van der Waals surface area contributed by atoms with E-state index in [1.807, 2.05) is 7.11 Å². The molecule has 1 aromatic rings. The summed E-state index contributed by atoms with van der Waals surface area (Å²) in [6.07, 6.45) is 6.61. The zero-order valence-corrected chi connectivity index (χ0v) is 24.0. The molecule has 0 bridgehead atoms. The number of hydrogen-bond acceptors (Lipinski definition) is 5. The van der Waals surface area contributed by atoms with Gasteiger partial charge in [-0.2, -0.15) is 0 Å². The standard InChI is InChI=1S/C29H49N3O2.ClH/c1-23-8-7-13-29(4,28(23,2)3)26-22-24(31-14-11-25(34-6)12-15-31)9-10-27(26)32-18-16-30(17-19-32)20-21-33-5;/h9-10,22-23,25H,7-8,11-21H2,1-6H3;1H. The van der Waals surface area contributed by atoms with Crippen LogP contribution in [0.5, 0.6) is 0 Å². The van der Waals surface area contributed by atoms with Crippen LogP contribution in [0.2, 0.25) is 0 Å². The predicted octanol–water partition coefficient (Wildman–Crippen LogP) is 5.60. The minimum absolute atomic E-state index is 0. The predicted molar refractivity (Wildman–Crippen MR) is 151 cm³/mol. The number of benzene rings is 1. The molecule has 1 aromatic carbocycles. The Labute approximate surface area is 220 Å². The maximum atomic E-state index is 5.64. The zero-order valence-electron chi connectivity index (χ0n) is 23.1. The third kappa shape index (κ3) is 5.79. The average molecular weight is 508 g/mol. The highest BCUT2D eigenvalue weighted by Crippen LogP contribution is 2.56. The molecule has 6 heteroatoms. The second-order valence-corrected chi connectivity index (χ2v) is 11.8. The number of hydrogen-bond donors (Lipinski definition) is 0. The van der Waals surface area contributed by atoms with Gasteiger partial charge in [-0.1, -0.05) is 40.5 Å². The number of piperazine rings is 1. The van der Waals surface area contributed by atoms with Crippen LogP contribution < -0.4 is 9.80 Å². The molecule has 2 saturated heterocycles. The van der Waals surface area contributed by atoms with Crippen molar-refractivity contribution in [3.63, 3.8) is 0 Å². The van der Waals surface area contributed by atoms with E-state index < -0.39 is 0 Å². The number of anilines is 2. The lowest BCUT2D eigenvalue weighted by Gasteiger charge is -2.54. The fourth-order valence-corrected chi connectivity index (χ4v) is 6.69. The van der Waals surface area contributed by atoms with Crippen LogP contribution in [0, 0.1) is 11.3 Å². The number of methoxy groups -OCH3 is 2. The second kappa shape index (κ2) is 12.0. The van der Waals surface area contributed by atoms with E-state index in [-0.39, 0.29) is 23.2 Å². The van der Waals surface area contributed by atoms with Crippen LogP contribution in [0.15, 0.2) is 18.2 Å². The van der Waals surface area contributed by atoms with E-state index in [0.717, 1.165) is 71.2 Å². The van der Waals surface area contributed by atoms with E-state index in [4.69, 9.17) is 9.47 Å². The number of ether oxygens (including phenoxy) is 2. The molecule has 1 saturated carbocycles. The molecule has 0 N–H and O–H groups in total. The molecule has 200 valence electrons. The lowest BCUT2D eigenvalue weighted by atomic mass is 9.52. The first-order valence-corrected chi connectivity index (χ1v) is 13.7. The maximum absolute atomic E-state index is 5.64. The van der Waals surface area contributed by atoms with Gasteiger partial charge in [0, 0.05) is 71.4 Å². The summed E-state index contributed by atoms with van der Waals surface area (Å²) in [6, 6.07) is 7.43. The van der Waals surface area contributed by atoms with E-state index >= 15 is 0 Å². The molecule has 35 heavy (non-hydrogen) atoms. The summed E-state index contributed by atoms with van der Waals surface area (Å²) >= 11 is 0. The Morgan fingerprint density at radius 3 is 2.23 bits per heavy atom. The van der Waals surface area contributed by atoms with Gasteiger partial charge in [0.15, 0.2) is 0 Å². The highest BCUT2D eigenvalue weighted by Gasteiger charge is 2.49. The summed E-state index contributed by atoms with van der Waals surface area (Å²) in [4.78, 5) is 7.80. The molecular formula is C29H50ClN3O2. The highest BCUT2D eigenvalue weighted by atomic mass is 35.5. The van der Waals surface area contributed by atoms with E-state index in [1.165, 1.54) is 30.6 Å². The van der Waals surface area contributed by atoms with Crippen LogP contribution in [-0.2, 0) is 14.9 Å². The second-order valence-electron chi connectivity index (χ2n) is 11.8. The molecule has 2 heterocycles. The van der Waals surface area contributed by atoms with Crippen molar-refractivity contribution in [2.24, 2.45) is 11.3 Å². The molecule has 2 aliphatic heterocycles. The fourth-order valence-electron chi connectivity index (χ4n) is 6.69. The van der Waals surface area contributed by atoms with Gasteiger partial charge >= 0.3 is 0 Å². The first kappa shape index (κ1) is 28.6. The monoisotopic (exact) mass is 507 g/mol. The van der Waals surface area contributed by atoms with Crippen molar-refractivity contribution in [3.8, 4) is 0 Å². The molecule has 4 rings (SSSR count). The Kier molecular flexibility index (Phi) is 9.81. The Balaban J connectivity index is 0.00000342. The van der Waals surface area contributed by atoms with Crippen LogP contribution in [-0.4, -0.2) is 77.6 Å². The molecule has 3 fully saturated rings. The number of halogens is 1. The van der Waals surface area contributed by atoms with Crippen LogP contribution in [0.25, 0.3) is 0 Å². The average Bonchev–Trinajstić information content (AvgIpc) is 2.86. The van der Waals surface area contributed by atoms with Crippen molar-refractivity contribution >= 4 is 23.8 Å². The van der Waals surface area contributed by atoms with Crippen LogP contribution in [0.3, 0.4) is 0 Å². The molecule has 5 nitrogen and oxygen atoms in total. The Bertz CT molecular complexity index is 803. The number of piperidine rings is 1. The summed E-state index contributed by atoms with van der Waals surface area (Å²) in [5.41, 5.74) is 4.91. The number of nitrogens with zero attached hydrogens (tertiary/aromatic N) is 3. The summed E-state index contributed by atoms with van der Waals surface area (Å²) in [5.74, 6) is 0.728. The van der Waals surface area contributed by atoms with Gasteiger partial charge in [-0.05, 0) is 59.8 Å². The summed E-state index contributed by atoms with van der Waals surface area (Å²) < 4.78 is 11.0. The SMILES string of the molecule is COCCN1CCN(c2ccc(N3CCC(OC)CC3)cc2C2(C)CCCC(C)C2(C)C)CC1.Cl. The van der Waals surface area contributed by atoms with Gasteiger partial charge in [-0.25, -0.2) is 0 Å². The molecule has 0 aromatic heterocycles. The van der Waals surface area contributed by atoms with E-state index in [0.29, 0.717) is 6.10 Å². The minimum atomic E-state index is 0. The highest BCUT2D eigenvalue weighted by molar-refractivity contribution is 5.85. The van der Waals surface area contributed by atoms with Gasteiger partial charge < -0.3 is 19.3 Å². The van der Waals surface area contributed by atoms with Crippen molar-refractivity contribution < 1.29 is 9.47 Å². The van der Waals surface area contributed by atoms with Gasteiger partial charge in [0.25, 0.3) is 0 Å². The smallest absolute Gasteiger partial charge is 0.0605 e. The van der Waals surface area contributed by atoms with Gasteiger partial charge in [-0.15, -0.1) is 12.4 Å². The minimum Gasteiger partial charge on any atom is -0.383 e. The van der Waals surface area contributed by atoms with Crippen LogP contribution >= 0.6 is 12.4 Å².